The highest BCUT2D eigenvalue weighted by molar-refractivity contribution is 5.69. The molecule has 1 aliphatic carbocycles. The Bertz CT molecular complexity index is 785. The molecule has 1 saturated carbocycles. The van der Waals surface area contributed by atoms with Crippen LogP contribution in [0.3, 0.4) is 0 Å². The van der Waals surface area contributed by atoms with Crippen molar-refractivity contribution in [2.75, 3.05) is 13.2 Å². The van der Waals surface area contributed by atoms with Gasteiger partial charge in [-0.25, -0.2) is 9.59 Å². The molecule has 2 atom stereocenters. The summed E-state index contributed by atoms with van der Waals surface area (Å²) in [7, 11) is 0. The van der Waals surface area contributed by atoms with Crippen molar-refractivity contribution in [2.24, 2.45) is 0 Å². The van der Waals surface area contributed by atoms with Crippen LogP contribution >= 0.6 is 0 Å². The van der Waals surface area contributed by atoms with Crippen molar-refractivity contribution in [1.29, 1.82) is 0 Å². The SMILES string of the molecule is CC(C)(C)OC(=O)N[C@H]1CCCN(C(=O)O)[C@H]1COC1CCC(c2ccccc2O)CC1. The lowest BCUT2D eigenvalue weighted by Crippen LogP contribution is -2.59. The van der Waals surface area contributed by atoms with E-state index >= 15 is 0 Å². The van der Waals surface area contributed by atoms with Gasteiger partial charge in [-0.05, 0) is 76.8 Å². The molecule has 1 aromatic rings. The number of aromatic hydroxyl groups is 1. The van der Waals surface area contributed by atoms with Crippen molar-refractivity contribution < 1.29 is 29.3 Å². The van der Waals surface area contributed by atoms with E-state index in [1.54, 1.807) is 26.8 Å². The van der Waals surface area contributed by atoms with E-state index in [0.29, 0.717) is 31.1 Å². The number of carboxylic acid groups (broad SMARTS) is 1. The zero-order chi connectivity index (χ0) is 23.3. The summed E-state index contributed by atoms with van der Waals surface area (Å²) in [4.78, 5) is 25.5. The van der Waals surface area contributed by atoms with Gasteiger partial charge in [0, 0.05) is 6.54 Å². The number of piperidine rings is 1. The van der Waals surface area contributed by atoms with E-state index in [9.17, 15) is 19.8 Å². The third-order valence-corrected chi connectivity index (χ3v) is 6.28. The van der Waals surface area contributed by atoms with Crippen LogP contribution in [0.2, 0.25) is 0 Å². The zero-order valence-electron chi connectivity index (χ0n) is 19.3. The molecular weight excluding hydrogens is 412 g/mol. The number of hydrogen-bond donors (Lipinski definition) is 3. The van der Waals surface area contributed by atoms with Gasteiger partial charge in [-0.3, -0.25) is 0 Å². The number of para-hydroxylation sites is 1. The summed E-state index contributed by atoms with van der Waals surface area (Å²) in [5, 5.41) is 22.7. The topological polar surface area (TPSA) is 108 Å². The summed E-state index contributed by atoms with van der Waals surface area (Å²) in [6.07, 6.45) is 3.37. The second-order valence-corrected chi connectivity index (χ2v) is 9.80. The molecule has 2 aliphatic rings. The molecule has 1 saturated heterocycles. The standard InChI is InChI=1S/C24H36N2O6/c1-24(2,3)32-22(28)25-19-8-6-14-26(23(29)30)20(19)15-31-17-12-10-16(11-13-17)18-7-4-5-9-21(18)27/h4-5,7,9,16-17,19-20,27H,6,8,10-15H2,1-3H3,(H,25,28)(H,29,30)/t16?,17?,19-,20-/m0/s1. The molecule has 3 rings (SSSR count). The van der Waals surface area contributed by atoms with Gasteiger partial charge >= 0.3 is 12.2 Å². The van der Waals surface area contributed by atoms with Gasteiger partial charge in [0.15, 0.2) is 0 Å². The highest BCUT2D eigenvalue weighted by Gasteiger charge is 2.37. The van der Waals surface area contributed by atoms with Crippen molar-refractivity contribution >= 4 is 12.2 Å². The molecule has 3 N–H and O–H groups in total. The summed E-state index contributed by atoms with van der Waals surface area (Å²) < 4.78 is 11.5. The predicted octanol–water partition coefficient (Wildman–Crippen LogP) is 4.47. The van der Waals surface area contributed by atoms with Crippen LogP contribution in [0.25, 0.3) is 0 Å². The Morgan fingerprint density at radius 1 is 1.12 bits per heavy atom. The minimum atomic E-state index is -1.00. The third kappa shape index (κ3) is 6.51. The number of alkyl carbamates (subject to hydrolysis) is 1. The number of likely N-dealkylation sites (tertiary alicyclic amines) is 1. The summed E-state index contributed by atoms with van der Waals surface area (Å²) in [5.74, 6) is 0.648. The lowest BCUT2D eigenvalue weighted by Gasteiger charge is -2.41. The van der Waals surface area contributed by atoms with E-state index in [-0.39, 0.29) is 18.8 Å². The first-order valence-electron chi connectivity index (χ1n) is 11.5. The molecule has 1 aromatic carbocycles. The van der Waals surface area contributed by atoms with Crippen molar-refractivity contribution in [3.8, 4) is 5.75 Å². The van der Waals surface area contributed by atoms with E-state index in [1.165, 1.54) is 4.90 Å². The Hall–Kier alpha value is -2.48. The quantitative estimate of drug-likeness (QED) is 0.613. The second kappa shape index (κ2) is 10.4. The Balaban J connectivity index is 1.57. The van der Waals surface area contributed by atoms with Crippen LogP contribution in [-0.2, 0) is 9.47 Å². The number of ether oxygens (including phenoxy) is 2. The van der Waals surface area contributed by atoms with E-state index in [2.05, 4.69) is 5.32 Å². The Morgan fingerprint density at radius 3 is 2.44 bits per heavy atom. The van der Waals surface area contributed by atoms with Gasteiger partial charge in [-0.2, -0.15) is 0 Å². The van der Waals surface area contributed by atoms with Crippen LogP contribution in [0, 0.1) is 0 Å². The van der Waals surface area contributed by atoms with Crippen molar-refractivity contribution in [1.82, 2.24) is 10.2 Å². The Morgan fingerprint density at radius 2 is 1.81 bits per heavy atom. The van der Waals surface area contributed by atoms with Gasteiger partial charge in [0.25, 0.3) is 0 Å². The molecule has 2 amide bonds. The summed E-state index contributed by atoms with van der Waals surface area (Å²) in [6, 6.07) is 6.66. The molecule has 0 bridgehead atoms. The minimum absolute atomic E-state index is 0.0388. The molecule has 0 unspecified atom stereocenters. The highest BCUT2D eigenvalue weighted by Crippen LogP contribution is 2.38. The van der Waals surface area contributed by atoms with Crippen LogP contribution in [0.15, 0.2) is 24.3 Å². The zero-order valence-corrected chi connectivity index (χ0v) is 19.3. The number of rotatable bonds is 5. The normalized spacial score (nSPS) is 26.4. The number of phenols is 1. The molecule has 8 nitrogen and oxygen atoms in total. The lowest BCUT2D eigenvalue weighted by molar-refractivity contribution is -0.0265. The fourth-order valence-electron chi connectivity index (χ4n) is 4.74. The molecule has 0 aromatic heterocycles. The van der Waals surface area contributed by atoms with E-state index in [1.807, 2.05) is 18.2 Å². The number of nitrogens with zero attached hydrogens (tertiary/aromatic N) is 1. The van der Waals surface area contributed by atoms with E-state index < -0.39 is 23.8 Å². The molecule has 178 valence electrons. The smallest absolute Gasteiger partial charge is 0.407 e. The van der Waals surface area contributed by atoms with Crippen molar-refractivity contribution in [2.45, 2.75) is 89.0 Å². The first kappa shape index (κ1) is 24.2. The van der Waals surface area contributed by atoms with Gasteiger partial charge in [-0.15, -0.1) is 0 Å². The monoisotopic (exact) mass is 448 g/mol. The van der Waals surface area contributed by atoms with Gasteiger partial charge in [0.1, 0.15) is 11.4 Å². The summed E-state index contributed by atoms with van der Waals surface area (Å²) >= 11 is 0. The number of phenolic OH excluding ortho intramolecular Hbond substituents is 1. The number of carbonyl (C=O) groups is 2. The number of hydrogen-bond acceptors (Lipinski definition) is 5. The number of carbonyl (C=O) groups excluding carboxylic acids is 1. The van der Waals surface area contributed by atoms with E-state index in [4.69, 9.17) is 9.47 Å². The predicted molar refractivity (Wildman–Crippen MR) is 120 cm³/mol. The fraction of sp³-hybridized carbons (Fsp3) is 0.667. The van der Waals surface area contributed by atoms with Gasteiger partial charge in [0.2, 0.25) is 0 Å². The average molecular weight is 449 g/mol. The number of nitrogens with one attached hydrogen (secondary N) is 1. The van der Waals surface area contributed by atoms with Gasteiger partial charge in [0.05, 0.1) is 24.8 Å². The van der Waals surface area contributed by atoms with Crippen LogP contribution in [-0.4, -0.2) is 64.2 Å². The first-order chi connectivity index (χ1) is 15.1. The average Bonchev–Trinajstić information content (AvgIpc) is 2.72. The first-order valence-corrected chi connectivity index (χ1v) is 11.5. The maximum atomic E-state index is 12.3. The molecule has 1 aliphatic heterocycles. The van der Waals surface area contributed by atoms with Crippen molar-refractivity contribution in [3.05, 3.63) is 29.8 Å². The molecule has 0 radical (unpaired) electrons. The van der Waals surface area contributed by atoms with E-state index in [0.717, 1.165) is 31.2 Å². The van der Waals surface area contributed by atoms with Crippen LogP contribution in [0.4, 0.5) is 9.59 Å². The maximum Gasteiger partial charge on any atom is 0.407 e. The highest BCUT2D eigenvalue weighted by atomic mass is 16.6. The minimum Gasteiger partial charge on any atom is -0.508 e. The van der Waals surface area contributed by atoms with Gasteiger partial charge < -0.3 is 29.9 Å². The fourth-order valence-corrected chi connectivity index (χ4v) is 4.74. The molecular formula is C24H36N2O6. The number of benzene rings is 1. The molecule has 32 heavy (non-hydrogen) atoms. The Labute approximate surface area is 189 Å². The molecule has 8 heteroatoms. The molecule has 1 heterocycles. The summed E-state index contributed by atoms with van der Waals surface area (Å²) in [5.41, 5.74) is 0.361. The molecule has 0 spiro atoms. The van der Waals surface area contributed by atoms with Gasteiger partial charge in [-0.1, -0.05) is 18.2 Å². The maximum absolute atomic E-state index is 12.3. The van der Waals surface area contributed by atoms with Crippen LogP contribution < -0.4 is 5.32 Å². The Kier molecular flexibility index (Phi) is 7.87. The van der Waals surface area contributed by atoms with Crippen LogP contribution in [0.5, 0.6) is 5.75 Å². The van der Waals surface area contributed by atoms with Crippen LogP contribution in [0.1, 0.15) is 70.8 Å². The lowest BCUT2D eigenvalue weighted by atomic mass is 9.82. The summed E-state index contributed by atoms with van der Waals surface area (Å²) in [6.45, 7) is 6.05. The largest absolute Gasteiger partial charge is 0.508 e. The van der Waals surface area contributed by atoms with Crippen molar-refractivity contribution in [3.63, 3.8) is 0 Å². The number of amides is 2. The second-order valence-electron chi connectivity index (χ2n) is 9.80. The molecule has 2 fully saturated rings. The third-order valence-electron chi connectivity index (χ3n) is 6.28.